The Bertz CT molecular complexity index is 770. The summed E-state index contributed by atoms with van der Waals surface area (Å²) >= 11 is 1.57. The zero-order chi connectivity index (χ0) is 20.5. The Morgan fingerprint density at radius 2 is 2.18 bits per heavy atom. The van der Waals surface area contributed by atoms with Crippen LogP contribution >= 0.6 is 11.3 Å². The average Bonchev–Trinajstić information content (AvgIpc) is 3.12. The Morgan fingerprint density at radius 3 is 2.86 bits per heavy atom. The number of thiazole rings is 1. The monoisotopic (exact) mass is 412 g/mol. The molecule has 1 unspecified atom stereocenters. The van der Waals surface area contributed by atoms with Crippen molar-refractivity contribution in [1.29, 1.82) is 0 Å². The highest BCUT2D eigenvalue weighted by atomic mass is 32.1. The lowest BCUT2D eigenvalue weighted by Crippen LogP contribution is -2.38. The van der Waals surface area contributed by atoms with E-state index < -0.39 is 6.61 Å². The van der Waals surface area contributed by atoms with Crippen molar-refractivity contribution in [3.05, 3.63) is 45.9 Å². The molecule has 1 heterocycles. The molecule has 6 nitrogen and oxygen atoms in total. The minimum Gasteiger partial charge on any atom is -0.435 e. The largest absolute Gasteiger partial charge is 0.435 e. The minimum atomic E-state index is -2.84. The second kappa shape index (κ2) is 10.9. The summed E-state index contributed by atoms with van der Waals surface area (Å²) in [5.74, 6) is 0.834. The van der Waals surface area contributed by atoms with Gasteiger partial charge in [0, 0.05) is 26.1 Å². The highest BCUT2D eigenvalue weighted by molar-refractivity contribution is 7.09. The van der Waals surface area contributed by atoms with Gasteiger partial charge < -0.3 is 19.7 Å². The molecule has 154 valence electrons. The number of ether oxygens (including phenoxy) is 2. The maximum Gasteiger partial charge on any atom is 0.387 e. The molecule has 1 atom stereocenters. The zero-order valence-electron chi connectivity index (χ0n) is 16.5. The third-order valence-electron chi connectivity index (χ3n) is 3.90. The number of aliphatic imine (C=N–C) groups is 1. The van der Waals surface area contributed by atoms with Gasteiger partial charge in [0.15, 0.2) is 5.96 Å². The molecule has 0 spiro atoms. The van der Waals surface area contributed by atoms with Gasteiger partial charge in [-0.1, -0.05) is 12.1 Å². The van der Waals surface area contributed by atoms with Crippen molar-refractivity contribution in [3.8, 4) is 5.75 Å². The first-order valence-electron chi connectivity index (χ1n) is 8.93. The van der Waals surface area contributed by atoms with Crippen LogP contribution in [0.3, 0.4) is 0 Å². The number of hydrogen-bond acceptors (Lipinski definition) is 5. The summed E-state index contributed by atoms with van der Waals surface area (Å²) in [5, 5.41) is 6.18. The van der Waals surface area contributed by atoms with Crippen molar-refractivity contribution in [3.63, 3.8) is 0 Å². The van der Waals surface area contributed by atoms with Crippen molar-refractivity contribution in [2.75, 3.05) is 20.7 Å². The molecular formula is C19H26F2N4O2S. The molecule has 2 rings (SSSR count). The molecule has 28 heavy (non-hydrogen) atoms. The second-order valence-corrected chi connectivity index (χ2v) is 7.00. The van der Waals surface area contributed by atoms with Gasteiger partial charge in [-0.3, -0.25) is 0 Å². The number of aromatic nitrogens is 1. The van der Waals surface area contributed by atoms with E-state index in [1.165, 1.54) is 6.07 Å². The summed E-state index contributed by atoms with van der Waals surface area (Å²) in [4.78, 5) is 11.2. The maximum absolute atomic E-state index is 12.4. The highest BCUT2D eigenvalue weighted by Gasteiger charge is 2.13. The molecule has 9 heteroatoms. The Labute approximate surface area is 168 Å². The third-order valence-corrected chi connectivity index (χ3v) is 4.96. The first-order chi connectivity index (χ1) is 13.4. The minimum absolute atomic E-state index is 0.0336. The fourth-order valence-electron chi connectivity index (χ4n) is 2.46. The summed E-state index contributed by atoms with van der Waals surface area (Å²) < 4.78 is 34.5. The van der Waals surface area contributed by atoms with E-state index in [1.54, 1.807) is 30.6 Å². The number of methoxy groups -OCH3 is 1. The van der Waals surface area contributed by atoms with Crippen molar-refractivity contribution in [1.82, 2.24) is 15.2 Å². The zero-order valence-corrected chi connectivity index (χ0v) is 17.3. The van der Waals surface area contributed by atoms with Gasteiger partial charge in [0.05, 0.1) is 18.8 Å². The van der Waals surface area contributed by atoms with Crippen molar-refractivity contribution < 1.29 is 18.3 Å². The number of hydrogen-bond donors (Lipinski definition) is 1. The molecule has 1 aromatic carbocycles. The molecule has 1 N–H and O–H groups in total. The highest BCUT2D eigenvalue weighted by Crippen LogP contribution is 2.21. The first kappa shape index (κ1) is 22.0. The molecule has 2 aromatic rings. The average molecular weight is 413 g/mol. The Balaban J connectivity index is 2.05. The van der Waals surface area contributed by atoms with Gasteiger partial charge in [0.25, 0.3) is 0 Å². The van der Waals surface area contributed by atoms with E-state index in [0.29, 0.717) is 25.6 Å². The van der Waals surface area contributed by atoms with Crippen LogP contribution in [0.4, 0.5) is 8.78 Å². The summed E-state index contributed by atoms with van der Waals surface area (Å²) in [6.07, 6.45) is -0.0336. The molecule has 0 aliphatic heterocycles. The van der Waals surface area contributed by atoms with Crippen molar-refractivity contribution >= 4 is 17.3 Å². The summed E-state index contributed by atoms with van der Waals surface area (Å²) in [7, 11) is 3.59. The smallest absolute Gasteiger partial charge is 0.387 e. The van der Waals surface area contributed by atoms with Crippen LogP contribution in [0.25, 0.3) is 0 Å². The van der Waals surface area contributed by atoms with E-state index >= 15 is 0 Å². The molecule has 1 aromatic heterocycles. The number of halogens is 2. The van der Waals surface area contributed by atoms with Gasteiger partial charge in [-0.15, -0.1) is 11.3 Å². The number of guanidine groups is 1. The van der Waals surface area contributed by atoms with Gasteiger partial charge in [-0.25, -0.2) is 9.98 Å². The van der Waals surface area contributed by atoms with Gasteiger partial charge >= 0.3 is 6.61 Å². The predicted octanol–water partition coefficient (Wildman–Crippen LogP) is 4.05. The summed E-state index contributed by atoms with van der Waals surface area (Å²) in [6, 6.07) is 6.56. The molecule has 0 aliphatic rings. The second-order valence-electron chi connectivity index (χ2n) is 6.11. The van der Waals surface area contributed by atoms with Crippen LogP contribution in [0, 0.1) is 0 Å². The van der Waals surface area contributed by atoms with Gasteiger partial charge in [0.2, 0.25) is 0 Å². The lowest BCUT2D eigenvalue weighted by Gasteiger charge is -2.21. The van der Waals surface area contributed by atoms with E-state index in [9.17, 15) is 8.78 Å². The lowest BCUT2D eigenvalue weighted by atomic mass is 10.2. The van der Waals surface area contributed by atoms with E-state index in [2.05, 4.69) is 20.0 Å². The normalized spacial score (nSPS) is 12.9. The Hall–Kier alpha value is -2.26. The quantitative estimate of drug-likeness (QED) is 0.497. The number of alkyl halides is 2. The predicted molar refractivity (Wildman–Crippen MR) is 107 cm³/mol. The molecule has 0 saturated heterocycles. The van der Waals surface area contributed by atoms with Crippen LogP contribution in [0.2, 0.25) is 0 Å². The van der Waals surface area contributed by atoms with Crippen LogP contribution in [0.1, 0.15) is 36.2 Å². The maximum atomic E-state index is 12.4. The van der Waals surface area contributed by atoms with E-state index in [0.717, 1.165) is 16.3 Å². The molecule has 0 radical (unpaired) electrons. The number of nitrogens with zero attached hydrogens (tertiary/aromatic N) is 3. The molecule has 0 saturated carbocycles. The third kappa shape index (κ3) is 6.72. The fourth-order valence-corrected chi connectivity index (χ4v) is 3.30. The van der Waals surface area contributed by atoms with Crippen LogP contribution in [0.5, 0.6) is 5.75 Å². The van der Waals surface area contributed by atoms with Crippen molar-refractivity contribution in [2.24, 2.45) is 4.99 Å². The van der Waals surface area contributed by atoms with Crippen LogP contribution in [0.15, 0.2) is 34.6 Å². The topological polar surface area (TPSA) is 59.0 Å². The Morgan fingerprint density at radius 1 is 1.39 bits per heavy atom. The van der Waals surface area contributed by atoms with Gasteiger partial charge in [-0.05, 0) is 31.5 Å². The van der Waals surface area contributed by atoms with E-state index in [-0.39, 0.29) is 11.9 Å². The van der Waals surface area contributed by atoms with E-state index in [4.69, 9.17) is 4.74 Å². The van der Waals surface area contributed by atoms with Crippen LogP contribution in [-0.4, -0.2) is 43.2 Å². The number of nitrogens with one attached hydrogen (secondary N) is 1. The lowest BCUT2D eigenvalue weighted by molar-refractivity contribution is -0.0498. The summed E-state index contributed by atoms with van der Waals surface area (Å²) in [6.45, 7) is 2.75. The van der Waals surface area contributed by atoms with Crippen molar-refractivity contribution in [2.45, 2.75) is 39.7 Å². The fraction of sp³-hybridized carbons (Fsp3) is 0.474. The number of rotatable bonds is 9. The SMILES string of the molecule is CCNC(=NCc1cccc(OC(F)F)c1)N(C)Cc1csc(C(C)OC)n1. The standard InChI is InChI=1S/C19H26F2N4O2S/c1-5-22-19(23-10-14-7-6-8-16(9-14)27-18(20)21)25(3)11-15-12-28-17(24-15)13(2)26-4/h6-9,12-13,18H,5,10-11H2,1-4H3,(H,22,23). The molecule has 0 bridgehead atoms. The first-order valence-corrected chi connectivity index (χ1v) is 9.81. The van der Waals surface area contributed by atoms with Gasteiger partial charge in [-0.2, -0.15) is 8.78 Å². The molecule has 0 amide bonds. The van der Waals surface area contributed by atoms with E-state index in [1.807, 2.05) is 37.2 Å². The Kier molecular flexibility index (Phi) is 8.59. The molecular weight excluding hydrogens is 386 g/mol. The summed E-state index contributed by atoms with van der Waals surface area (Å²) in [5.41, 5.74) is 1.72. The van der Waals surface area contributed by atoms with Crippen LogP contribution < -0.4 is 10.1 Å². The number of benzene rings is 1. The molecule has 0 fully saturated rings. The van der Waals surface area contributed by atoms with Crippen LogP contribution in [-0.2, 0) is 17.8 Å². The van der Waals surface area contributed by atoms with Gasteiger partial charge in [0.1, 0.15) is 16.9 Å². The molecule has 0 aliphatic carbocycles.